The number of nitrogens with zero attached hydrogens (tertiary/aromatic N) is 3. The zero-order valence-electron chi connectivity index (χ0n) is 10.2. The van der Waals surface area contributed by atoms with E-state index in [1.54, 1.807) is 12.1 Å². The highest BCUT2D eigenvalue weighted by molar-refractivity contribution is 7.98. The van der Waals surface area contributed by atoms with Crippen LogP contribution in [0.2, 0.25) is 0 Å². The van der Waals surface area contributed by atoms with Gasteiger partial charge in [0.25, 0.3) is 0 Å². The van der Waals surface area contributed by atoms with Crippen molar-refractivity contribution in [2.24, 2.45) is 5.84 Å². The molecular formula is C12H12N6S. The molecule has 2 rings (SSSR count). The number of hydrazine groups is 1. The van der Waals surface area contributed by atoms with Gasteiger partial charge < -0.3 is 10.7 Å². The van der Waals surface area contributed by atoms with Crippen LogP contribution in [-0.4, -0.2) is 16.2 Å². The lowest BCUT2D eigenvalue weighted by Crippen LogP contribution is -2.10. The molecule has 7 heteroatoms. The summed E-state index contributed by atoms with van der Waals surface area (Å²) in [5.74, 6) is 6.45. The van der Waals surface area contributed by atoms with Crippen LogP contribution in [0.25, 0.3) is 0 Å². The Morgan fingerprint density at radius 3 is 2.68 bits per heavy atom. The van der Waals surface area contributed by atoms with Crippen LogP contribution in [-0.2, 0) is 0 Å². The molecule has 0 amide bonds. The number of rotatable bonds is 4. The number of nitrogens with two attached hydrogens (primary N) is 1. The molecule has 0 saturated carbocycles. The second-order valence-corrected chi connectivity index (χ2v) is 4.33. The van der Waals surface area contributed by atoms with E-state index in [-0.39, 0.29) is 0 Å². The first kappa shape index (κ1) is 13.1. The molecule has 0 aliphatic rings. The van der Waals surface area contributed by atoms with Crippen LogP contribution in [0.1, 0.15) is 5.56 Å². The van der Waals surface area contributed by atoms with Gasteiger partial charge in [0.05, 0.1) is 11.3 Å². The quantitative estimate of drug-likeness (QED) is 0.339. The van der Waals surface area contributed by atoms with Gasteiger partial charge in [-0.05, 0) is 18.4 Å². The van der Waals surface area contributed by atoms with Crippen LogP contribution in [0, 0.1) is 11.3 Å². The second kappa shape index (κ2) is 6.04. The van der Waals surface area contributed by atoms with Gasteiger partial charge in [0, 0.05) is 6.07 Å². The van der Waals surface area contributed by atoms with Crippen LogP contribution in [0.5, 0.6) is 0 Å². The summed E-state index contributed by atoms with van der Waals surface area (Å²) in [6.07, 6.45) is 1.88. The Morgan fingerprint density at radius 2 is 2.00 bits per heavy atom. The van der Waals surface area contributed by atoms with Crippen molar-refractivity contribution in [3.8, 4) is 6.07 Å². The fourth-order valence-electron chi connectivity index (χ4n) is 1.48. The van der Waals surface area contributed by atoms with E-state index in [1.807, 2.05) is 24.5 Å². The summed E-state index contributed by atoms with van der Waals surface area (Å²) in [5.41, 5.74) is 3.73. The maximum atomic E-state index is 9.04. The van der Waals surface area contributed by atoms with E-state index < -0.39 is 0 Å². The molecule has 19 heavy (non-hydrogen) atoms. The number of nitrogens with one attached hydrogen (secondary N) is 2. The van der Waals surface area contributed by atoms with E-state index in [4.69, 9.17) is 11.1 Å². The van der Waals surface area contributed by atoms with E-state index in [1.165, 1.54) is 11.8 Å². The summed E-state index contributed by atoms with van der Waals surface area (Å²) in [4.78, 5) is 8.47. The Hall–Kier alpha value is -2.30. The largest absolute Gasteiger partial charge is 0.339 e. The lowest BCUT2D eigenvalue weighted by atomic mass is 10.2. The summed E-state index contributed by atoms with van der Waals surface area (Å²) in [6.45, 7) is 0. The number of aromatic nitrogens is 2. The lowest BCUT2D eigenvalue weighted by molar-refractivity contribution is 0.971. The normalized spacial score (nSPS) is 9.74. The van der Waals surface area contributed by atoms with E-state index in [9.17, 15) is 0 Å². The first-order valence-electron chi connectivity index (χ1n) is 5.42. The number of nitrogen functional groups attached to an aromatic ring is 1. The molecule has 0 fully saturated rings. The SMILES string of the molecule is CSc1nc(NN)cc(Nc2ccccc2C#N)n1. The van der Waals surface area contributed by atoms with Crippen molar-refractivity contribution < 1.29 is 0 Å². The van der Waals surface area contributed by atoms with Gasteiger partial charge in [0.15, 0.2) is 5.16 Å². The summed E-state index contributed by atoms with van der Waals surface area (Å²) in [6, 6.07) is 11.0. The van der Waals surface area contributed by atoms with Crippen molar-refractivity contribution in [1.29, 1.82) is 5.26 Å². The third kappa shape index (κ3) is 3.13. The molecule has 0 bridgehead atoms. The zero-order chi connectivity index (χ0) is 13.7. The first-order valence-corrected chi connectivity index (χ1v) is 6.65. The summed E-state index contributed by atoms with van der Waals surface area (Å²) in [7, 11) is 0. The summed E-state index contributed by atoms with van der Waals surface area (Å²) >= 11 is 1.41. The highest BCUT2D eigenvalue weighted by Gasteiger charge is 2.06. The molecule has 0 saturated heterocycles. The van der Waals surface area contributed by atoms with Gasteiger partial charge in [-0.15, -0.1) is 0 Å². The Balaban J connectivity index is 2.35. The molecule has 0 aliphatic carbocycles. The van der Waals surface area contributed by atoms with Gasteiger partial charge in [-0.1, -0.05) is 23.9 Å². The Labute approximate surface area is 115 Å². The van der Waals surface area contributed by atoms with Gasteiger partial charge in [0.1, 0.15) is 17.7 Å². The van der Waals surface area contributed by atoms with Crippen molar-refractivity contribution in [3.63, 3.8) is 0 Å². The van der Waals surface area contributed by atoms with Gasteiger partial charge in [-0.3, -0.25) is 0 Å². The highest BCUT2D eigenvalue weighted by Crippen LogP contribution is 2.22. The molecule has 4 N–H and O–H groups in total. The molecule has 0 unspecified atom stereocenters. The second-order valence-electron chi connectivity index (χ2n) is 3.55. The predicted molar refractivity (Wildman–Crippen MR) is 76.1 cm³/mol. The molecule has 0 aliphatic heterocycles. The maximum Gasteiger partial charge on any atom is 0.191 e. The smallest absolute Gasteiger partial charge is 0.191 e. The molecule has 96 valence electrons. The van der Waals surface area contributed by atoms with Crippen molar-refractivity contribution in [1.82, 2.24) is 9.97 Å². The summed E-state index contributed by atoms with van der Waals surface area (Å²) < 4.78 is 0. The molecular weight excluding hydrogens is 260 g/mol. The van der Waals surface area contributed by atoms with Gasteiger partial charge >= 0.3 is 0 Å². The minimum atomic E-state index is 0.510. The molecule has 1 aromatic carbocycles. The Bertz CT molecular complexity index is 600. The van der Waals surface area contributed by atoms with Crippen LogP contribution < -0.4 is 16.6 Å². The first-order chi connectivity index (χ1) is 9.26. The third-order valence-corrected chi connectivity index (χ3v) is 2.89. The topological polar surface area (TPSA) is 99.6 Å². The van der Waals surface area contributed by atoms with Crippen LogP contribution >= 0.6 is 11.8 Å². The standard InChI is InChI=1S/C12H12N6S/c1-19-12-16-10(6-11(17-12)18-14)15-9-5-3-2-4-8(9)7-13/h2-6H,14H2,1H3,(H2,15,16,17,18). The number of benzene rings is 1. The maximum absolute atomic E-state index is 9.04. The fourth-order valence-corrected chi connectivity index (χ4v) is 1.86. The Morgan fingerprint density at radius 1 is 1.26 bits per heavy atom. The number of anilines is 3. The molecule has 0 spiro atoms. The number of nitriles is 1. The third-order valence-electron chi connectivity index (χ3n) is 2.35. The van der Waals surface area contributed by atoms with Crippen molar-refractivity contribution in [2.45, 2.75) is 5.16 Å². The molecule has 1 aromatic heterocycles. The van der Waals surface area contributed by atoms with Crippen LogP contribution in [0.15, 0.2) is 35.5 Å². The van der Waals surface area contributed by atoms with E-state index in [0.717, 1.165) is 0 Å². The number of hydrogen-bond acceptors (Lipinski definition) is 7. The average molecular weight is 272 g/mol. The minimum Gasteiger partial charge on any atom is -0.339 e. The minimum absolute atomic E-state index is 0.510. The molecule has 0 atom stereocenters. The Kier molecular flexibility index (Phi) is 4.18. The van der Waals surface area contributed by atoms with Crippen molar-refractivity contribution >= 4 is 29.1 Å². The number of para-hydroxylation sites is 1. The zero-order valence-corrected chi connectivity index (χ0v) is 11.0. The van der Waals surface area contributed by atoms with Crippen molar-refractivity contribution in [3.05, 3.63) is 35.9 Å². The van der Waals surface area contributed by atoms with E-state index in [2.05, 4.69) is 26.8 Å². The number of thioether (sulfide) groups is 1. The van der Waals surface area contributed by atoms with Crippen molar-refractivity contribution in [2.75, 3.05) is 17.0 Å². The van der Waals surface area contributed by atoms with Crippen LogP contribution in [0.3, 0.4) is 0 Å². The average Bonchev–Trinajstić information content (AvgIpc) is 2.47. The monoisotopic (exact) mass is 272 g/mol. The fraction of sp³-hybridized carbons (Fsp3) is 0.0833. The molecule has 6 nitrogen and oxygen atoms in total. The van der Waals surface area contributed by atoms with Crippen LogP contribution in [0.4, 0.5) is 17.3 Å². The molecule has 1 heterocycles. The summed E-state index contributed by atoms with van der Waals surface area (Å²) in [5, 5.41) is 12.7. The van der Waals surface area contributed by atoms with Gasteiger partial charge in [-0.25, -0.2) is 15.8 Å². The molecule has 0 radical (unpaired) electrons. The van der Waals surface area contributed by atoms with Gasteiger partial charge in [-0.2, -0.15) is 5.26 Å². The van der Waals surface area contributed by atoms with E-state index >= 15 is 0 Å². The lowest BCUT2D eigenvalue weighted by Gasteiger charge is -2.09. The molecule has 2 aromatic rings. The number of hydrogen-bond donors (Lipinski definition) is 3. The van der Waals surface area contributed by atoms with E-state index in [0.29, 0.717) is 28.0 Å². The predicted octanol–water partition coefficient (Wildman–Crippen LogP) is 2.10. The highest BCUT2D eigenvalue weighted by atomic mass is 32.2. The van der Waals surface area contributed by atoms with Gasteiger partial charge in [0.2, 0.25) is 0 Å².